The van der Waals surface area contributed by atoms with Crippen LogP contribution in [0, 0.1) is 0 Å². The van der Waals surface area contributed by atoms with Gasteiger partial charge in [-0.1, -0.05) is 214 Å². The van der Waals surface area contributed by atoms with E-state index in [9.17, 15) is 0 Å². The fraction of sp³-hybridized carbons (Fsp3) is 0.0508. The Kier molecular flexibility index (Phi) is 8.86. The van der Waals surface area contributed by atoms with E-state index in [1.165, 1.54) is 60.8 Å². The van der Waals surface area contributed by atoms with Gasteiger partial charge in [-0.25, -0.2) is 9.97 Å². The summed E-state index contributed by atoms with van der Waals surface area (Å²) >= 11 is 0. The quantitative estimate of drug-likeness (QED) is 0.161. The van der Waals surface area contributed by atoms with Gasteiger partial charge in [-0.2, -0.15) is 0 Å². The zero-order valence-corrected chi connectivity index (χ0v) is 34.2. The van der Waals surface area contributed by atoms with E-state index in [1.807, 2.05) is 18.2 Å². The van der Waals surface area contributed by atoms with Crippen molar-refractivity contribution in [3.63, 3.8) is 0 Å². The molecule has 1 aromatic heterocycles. The predicted molar refractivity (Wildman–Crippen MR) is 255 cm³/mol. The van der Waals surface area contributed by atoms with Gasteiger partial charge in [-0.3, -0.25) is 0 Å². The second-order valence-electron chi connectivity index (χ2n) is 16.5. The fourth-order valence-electron chi connectivity index (χ4n) is 9.37. The van der Waals surface area contributed by atoms with Crippen molar-refractivity contribution in [3.05, 3.63) is 230 Å². The Labute approximate surface area is 357 Å². The highest BCUT2D eigenvalue weighted by Crippen LogP contribution is 2.54. The van der Waals surface area contributed by atoms with Crippen molar-refractivity contribution in [1.29, 1.82) is 0 Å². The van der Waals surface area contributed by atoms with E-state index in [-0.39, 0.29) is 5.41 Å². The maximum absolute atomic E-state index is 5.22. The summed E-state index contributed by atoms with van der Waals surface area (Å²) in [5.41, 5.74) is 19.7. The van der Waals surface area contributed by atoms with Crippen LogP contribution in [0.3, 0.4) is 0 Å². The molecule has 0 N–H and O–H groups in total. The minimum absolute atomic E-state index is 0.107. The van der Waals surface area contributed by atoms with Crippen molar-refractivity contribution in [2.75, 3.05) is 0 Å². The van der Waals surface area contributed by atoms with Gasteiger partial charge in [0.05, 0.1) is 11.4 Å². The van der Waals surface area contributed by atoms with E-state index in [0.717, 1.165) is 44.8 Å². The molecular weight excluding hydrogens is 737 g/mol. The highest BCUT2D eigenvalue weighted by Gasteiger charge is 2.37. The molecule has 0 saturated heterocycles. The molecule has 0 fully saturated rings. The van der Waals surface area contributed by atoms with Crippen LogP contribution in [0.4, 0.5) is 0 Å². The first-order valence-corrected chi connectivity index (χ1v) is 21.1. The van der Waals surface area contributed by atoms with Gasteiger partial charge in [0.25, 0.3) is 0 Å². The van der Waals surface area contributed by atoms with Crippen molar-refractivity contribution >= 4 is 10.8 Å². The van der Waals surface area contributed by atoms with Crippen LogP contribution in [0.15, 0.2) is 218 Å². The first-order valence-electron chi connectivity index (χ1n) is 21.1. The van der Waals surface area contributed by atoms with E-state index < -0.39 is 0 Å². The molecule has 2 nitrogen and oxygen atoms in total. The van der Waals surface area contributed by atoms with E-state index in [1.54, 1.807) is 0 Å². The molecule has 0 amide bonds. The van der Waals surface area contributed by atoms with Crippen LogP contribution in [0.5, 0.6) is 0 Å². The number of rotatable bonds is 7. The number of hydrogen-bond donors (Lipinski definition) is 0. The monoisotopic (exact) mass is 778 g/mol. The van der Waals surface area contributed by atoms with E-state index in [4.69, 9.17) is 9.97 Å². The number of benzene rings is 9. The normalized spacial score (nSPS) is 12.6. The molecule has 0 atom stereocenters. The minimum atomic E-state index is -0.107. The molecule has 0 spiro atoms. The van der Waals surface area contributed by atoms with Crippen molar-refractivity contribution in [2.45, 2.75) is 19.3 Å². The molecule has 9 aromatic carbocycles. The van der Waals surface area contributed by atoms with Crippen LogP contribution in [-0.4, -0.2) is 9.97 Å². The molecule has 0 unspecified atom stereocenters. The average molecular weight is 779 g/mol. The lowest BCUT2D eigenvalue weighted by Crippen LogP contribution is -2.14. The van der Waals surface area contributed by atoms with Crippen LogP contribution in [0.1, 0.15) is 25.0 Å². The van der Waals surface area contributed by atoms with Gasteiger partial charge in [-0.05, 0) is 95.7 Å². The first kappa shape index (κ1) is 36.4. The molecule has 10 aromatic rings. The molecule has 1 heterocycles. The van der Waals surface area contributed by atoms with Crippen molar-refractivity contribution < 1.29 is 0 Å². The lowest BCUT2D eigenvalue weighted by molar-refractivity contribution is 0.661. The summed E-state index contributed by atoms with van der Waals surface area (Å²) < 4.78 is 0. The van der Waals surface area contributed by atoms with Gasteiger partial charge in [0.2, 0.25) is 0 Å². The summed E-state index contributed by atoms with van der Waals surface area (Å²) in [7, 11) is 0. The van der Waals surface area contributed by atoms with Crippen molar-refractivity contribution in [3.8, 4) is 89.5 Å². The first-order chi connectivity index (χ1) is 30.0. The molecule has 1 aliphatic carbocycles. The van der Waals surface area contributed by atoms with E-state index in [0.29, 0.717) is 5.82 Å². The van der Waals surface area contributed by atoms with Crippen LogP contribution in [-0.2, 0) is 5.41 Å². The smallest absolute Gasteiger partial charge is 0.160 e. The lowest BCUT2D eigenvalue weighted by Gasteiger charge is -2.22. The molecule has 288 valence electrons. The van der Waals surface area contributed by atoms with Crippen molar-refractivity contribution in [1.82, 2.24) is 9.97 Å². The Morgan fingerprint density at radius 3 is 1.44 bits per heavy atom. The van der Waals surface area contributed by atoms with Gasteiger partial charge in [0.15, 0.2) is 5.82 Å². The van der Waals surface area contributed by atoms with Crippen molar-refractivity contribution in [2.24, 2.45) is 0 Å². The fourth-order valence-corrected chi connectivity index (χ4v) is 9.37. The summed E-state index contributed by atoms with van der Waals surface area (Å²) in [5, 5.41) is 2.56. The average Bonchev–Trinajstić information content (AvgIpc) is 3.56. The zero-order valence-electron chi connectivity index (χ0n) is 34.2. The third-order valence-electron chi connectivity index (χ3n) is 12.5. The second-order valence-corrected chi connectivity index (χ2v) is 16.5. The zero-order chi connectivity index (χ0) is 40.9. The maximum Gasteiger partial charge on any atom is 0.160 e. The molecule has 61 heavy (non-hydrogen) atoms. The summed E-state index contributed by atoms with van der Waals surface area (Å²) in [6.45, 7) is 4.73. The topological polar surface area (TPSA) is 25.8 Å². The number of fused-ring (bicyclic) bond motifs is 4. The molecule has 1 aliphatic rings. The molecule has 0 saturated carbocycles. The van der Waals surface area contributed by atoms with Crippen LogP contribution in [0.25, 0.3) is 100 Å². The molecule has 11 rings (SSSR count). The number of nitrogens with zero attached hydrogens (tertiary/aromatic N) is 2. The highest BCUT2D eigenvalue weighted by molar-refractivity contribution is 6.01. The Bertz CT molecular complexity index is 3240. The molecule has 2 heteroatoms. The van der Waals surface area contributed by atoms with Gasteiger partial charge >= 0.3 is 0 Å². The van der Waals surface area contributed by atoms with Gasteiger partial charge in [0.1, 0.15) is 0 Å². The molecule has 0 aliphatic heterocycles. The predicted octanol–water partition coefficient (Wildman–Crippen LogP) is 15.6. The van der Waals surface area contributed by atoms with Gasteiger partial charge in [0, 0.05) is 22.1 Å². The number of aromatic nitrogens is 2. The summed E-state index contributed by atoms with van der Waals surface area (Å²) in [6, 6.07) is 78.5. The largest absolute Gasteiger partial charge is 0.228 e. The van der Waals surface area contributed by atoms with Crippen LogP contribution >= 0.6 is 0 Å². The Hall–Kier alpha value is -7.68. The second kappa shape index (κ2) is 14.9. The van der Waals surface area contributed by atoms with Crippen LogP contribution < -0.4 is 0 Å². The van der Waals surface area contributed by atoms with E-state index >= 15 is 0 Å². The number of hydrogen-bond acceptors (Lipinski definition) is 2. The van der Waals surface area contributed by atoms with Gasteiger partial charge in [-0.15, -0.1) is 0 Å². The Balaban J connectivity index is 0.991. The Morgan fingerprint density at radius 2 is 0.770 bits per heavy atom. The molecule has 0 radical (unpaired) electrons. The summed E-state index contributed by atoms with van der Waals surface area (Å²) in [4.78, 5) is 10.4. The third-order valence-corrected chi connectivity index (χ3v) is 12.5. The standard InChI is InChI=1S/C59H42N2/c1-59(2)53-27-15-26-51(57(53)52-36-45-20-9-10-21-46(45)37-54(52)59)49-24-13-11-22-47(49)41-32-34-43(35-33-41)55-38-56(61-58(60-55)44-18-7-4-8-19-44)50-25-14-12-23-48(50)42-30-28-40(29-31-42)39-16-5-3-6-17-39/h3-38H,1-2H3. The third kappa shape index (κ3) is 6.45. The summed E-state index contributed by atoms with van der Waals surface area (Å²) in [6.07, 6.45) is 0. The Morgan fingerprint density at radius 1 is 0.295 bits per heavy atom. The lowest BCUT2D eigenvalue weighted by atomic mass is 9.81. The summed E-state index contributed by atoms with van der Waals surface area (Å²) in [5.74, 6) is 0.700. The maximum atomic E-state index is 5.22. The SMILES string of the molecule is CC1(C)c2cc3ccccc3cc2-c2c(-c3ccccc3-c3ccc(-c4cc(-c5ccccc5-c5ccc(-c6ccccc6)cc5)nc(-c5ccccc5)n4)cc3)cccc21. The van der Waals surface area contributed by atoms with Gasteiger partial charge < -0.3 is 0 Å². The highest BCUT2D eigenvalue weighted by atomic mass is 14.9. The minimum Gasteiger partial charge on any atom is -0.228 e. The van der Waals surface area contributed by atoms with Crippen LogP contribution in [0.2, 0.25) is 0 Å². The molecule has 0 bridgehead atoms. The van der Waals surface area contributed by atoms with E-state index in [2.05, 4.69) is 214 Å². The molecular formula is C59H42N2.